The van der Waals surface area contributed by atoms with Crippen LogP contribution in [0.5, 0.6) is 0 Å². The van der Waals surface area contributed by atoms with Gasteiger partial charge in [-0.2, -0.15) is 0 Å². The Bertz CT molecular complexity index is 744. The smallest absolute Gasteiger partial charge is 0.322 e. The third-order valence-electron chi connectivity index (χ3n) is 10.5. The van der Waals surface area contributed by atoms with Crippen molar-refractivity contribution in [2.45, 2.75) is 90.4 Å². The molecule has 4 saturated carbocycles. The Morgan fingerprint density at radius 3 is 2.44 bits per heavy atom. The van der Waals surface area contributed by atoms with Gasteiger partial charge in [-0.25, -0.2) is 0 Å². The van der Waals surface area contributed by atoms with Crippen LogP contribution < -0.4 is 5.32 Å². The predicted octanol–water partition coefficient (Wildman–Crippen LogP) is 2.17. The molecule has 0 saturated heterocycles. The van der Waals surface area contributed by atoms with Gasteiger partial charge in [0.25, 0.3) is 0 Å². The van der Waals surface area contributed by atoms with E-state index in [1.807, 2.05) is 6.92 Å². The minimum absolute atomic E-state index is 0.0268. The molecule has 1 amide bonds. The number of carboxylic acid groups (broad SMARTS) is 1. The summed E-state index contributed by atoms with van der Waals surface area (Å²) < 4.78 is 0. The molecule has 0 unspecified atom stereocenters. The molecule has 0 heterocycles. The van der Waals surface area contributed by atoms with Crippen molar-refractivity contribution < 1.29 is 30.0 Å². The van der Waals surface area contributed by atoms with Gasteiger partial charge in [0.05, 0.1) is 18.3 Å². The van der Waals surface area contributed by atoms with E-state index < -0.39 is 18.2 Å². The van der Waals surface area contributed by atoms with E-state index in [9.17, 15) is 24.9 Å². The fourth-order valence-electron chi connectivity index (χ4n) is 8.81. The first kappa shape index (κ1) is 24.0. The zero-order valence-corrected chi connectivity index (χ0v) is 19.7. The number of carbonyl (C=O) groups is 2. The van der Waals surface area contributed by atoms with Crippen LogP contribution in [0.2, 0.25) is 0 Å². The van der Waals surface area contributed by atoms with Crippen LogP contribution >= 0.6 is 0 Å². The number of amides is 1. The molecular formula is C25H41NO6. The van der Waals surface area contributed by atoms with E-state index in [0.29, 0.717) is 12.3 Å². The minimum atomic E-state index is -1.05. The summed E-state index contributed by atoms with van der Waals surface area (Å²) in [6.45, 7) is 6.15. The summed E-state index contributed by atoms with van der Waals surface area (Å²) in [5.41, 5.74) is -0.308. The average Bonchev–Trinajstić information content (AvgIpc) is 3.07. The quantitative estimate of drug-likeness (QED) is 0.436. The van der Waals surface area contributed by atoms with E-state index in [-0.39, 0.29) is 65.4 Å². The molecule has 11 atom stereocenters. The van der Waals surface area contributed by atoms with Crippen LogP contribution in [0.15, 0.2) is 0 Å². The van der Waals surface area contributed by atoms with Crippen LogP contribution in [0.25, 0.3) is 0 Å². The van der Waals surface area contributed by atoms with Crippen LogP contribution in [-0.4, -0.2) is 57.2 Å². The zero-order valence-electron chi connectivity index (χ0n) is 19.7. The Hall–Kier alpha value is -1.18. The highest BCUT2D eigenvalue weighted by Gasteiger charge is 2.65. The number of rotatable bonds is 5. The SMILES string of the molecule is C[C@H](CC(=O)NCC(=O)O)[C@H]1CC[C@H]2[C@@H]3[C@H](O)C[C@@H]4C[C@H](O)CC[C@]4(C)[C@H]3C[C@H](O)[C@]12C. The fourth-order valence-corrected chi connectivity index (χ4v) is 8.81. The summed E-state index contributed by atoms with van der Waals surface area (Å²) in [6.07, 6.45) is 4.85. The number of aliphatic hydroxyl groups excluding tert-OH is 3. The molecule has 182 valence electrons. The summed E-state index contributed by atoms with van der Waals surface area (Å²) in [6, 6.07) is 0. The molecule has 5 N–H and O–H groups in total. The summed E-state index contributed by atoms with van der Waals surface area (Å²) in [5.74, 6) is -0.213. The van der Waals surface area contributed by atoms with Gasteiger partial charge in [0.1, 0.15) is 6.54 Å². The third kappa shape index (κ3) is 3.78. The topological polar surface area (TPSA) is 127 Å². The van der Waals surface area contributed by atoms with Crippen LogP contribution in [0.3, 0.4) is 0 Å². The lowest BCUT2D eigenvalue weighted by molar-refractivity contribution is -0.207. The maximum atomic E-state index is 12.3. The molecule has 7 heteroatoms. The number of hydrogen-bond donors (Lipinski definition) is 5. The van der Waals surface area contributed by atoms with Gasteiger partial charge in [-0.3, -0.25) is 9.59 Å². The molecule has 0 aromatic rings. The lowest BCUT2D eigenvalue weighted by Gasteiger charge is -2.63. The normalized spacial score (nSPS) is 48.8. The Kier molecular flexibility index (Phi) is 6.40. The first-order valence-electron chi connectivity index (χ1n) is 12.5. The first-order chi connectivity index (χ1) is 15.0. The highest BCUT2D eigenvalue weighted by atomic mass is 16.4. The minimum Gasteiger partial charge on any atom is -0.480 e. The van der Waals surface area contributed by atoms with Crippen molar-refractivity contribution >= 4 is 11.9 Å². The summed E-state index contributed by atoms with van der Waals surface area (Å²) in [5, 5.41) is 44.3. The second kappa shape index (κ2) is 8.55. The van der Waals surface area contributed by atoms with Crippen molar-refractivity contribution in [2.24, 2.45) is 46.3 Å². The van der Waals surface area contributed by atoms with Crippen LogP contribution in [-0.2, 0) is 9.59 Å². The van der Waals surface area contributed by atoms with E-state index in [1.54, 1.807) is 0 Å². The highest BCUT2D eigenvalue weighted by molar-refractivity contribution is 5.81. The molecular weight excluding hydrogens is 410 g/mol. The van der Waals surface area contributed by atoms with Gasteiger partial charge < -0.3 is 25.7 Å². The van der Waals surface area contributed by atoms with Crippen molar-refractivity contribution in [1.82, 2.24) is 5.32 Å². The first-order valence-corrected chi connectivity index (χ1v) is 12.5. The zero-order chi connectivity index (χ0) is 23.4. The molecule has 0 bridgehead atoms. The maximum absolute atomic E-state index is 12.3. The van der Waals surface area contributed by atoms with Gasteiger partial charge in [0.2, 0.25) is 5.91 Å². The number of hydrogen-bond acceptors (Lipinski definition) is 5. The second-order valence-corrected chi connectivity index (χ2v) is 11.9. The Balaban J connectivity index is 1.54. The molecule has 0 aromatic heterocycles. The van der Waals surface area contributed by atoms with E-state index in [0.717, 1.165) is 38.5 Å². The maximum Gasteiger partial charge on any atom is 0.322 e. The van der Waals surface area contributed by atoms with E-state index in [1.165, 1.54) is 0 Å². The average molecular weight is 452 g/mol. The number of carbonyl (C=O) groups excluding carboxylic acids is 1. The second-order valence-electron chi connectivity index (χ2n) is 11.9. The van der Waals surface area contributed by atoms with Crippen LogP contribution in [0.1, 0.15) is 72.1 Å². The lowest BCUT2D eigenvalue weighted by Crippen LogP contribution is -2.62. The van der Waals surface area contributed by atoms with Gasteiger partial charge >= 0.3 is 5.97 Å². The highest BCUT2D eigenvalue weighted by Crippen LogP contribution is 2.68. The number of nitrogens with one attached hydrogen (secondary N) is 1. The van der Waals surface area contributed by atoms with Crippen molar-refractivity contribution in [2.75, 3.05) is 6.54 Å². The van der Waals surface area contributed by atoms with Crippen LogP contribution in [0, 0.1) is 46.3 Å². The van der Waals surface area contributed by atoms with Crippen molar-refractivity contribution in [3.63, 3.8) is 0 Å². The Labute approximate surface area is 191 Å². The van der Waals surface area contributed by atoms with Crippen LogP contribution in [0.4, 0.5) is 0 Å². The fraction of sp³-hybridized carbons (Fsp3) is 0.920. The number of carboxylic acids is 1. The number of fused-ring (bicyclic) bond motifs is 5. The van der Waals surface area contributed by atoms with Gasteiger partial charge in [0.15, 0.2) is 0 Å². The van der Waals surface area contributed by atoms with Gasteiger partial charge in [-0.05, 0) is 91.3 Å². The Morgan fingerprint density at radius 1 is 1.03 bits per heavy atom. The molecule has 4 aliphatic rings. The predicted molar refractivity (Wildman–Crippen MR) is 118 cm³/mol. The largest absolute Gasteiger partial charge is 0.480 e. The molecule has 4 rings (SSSR count). The monoisotopic (exact) mass is 451 g/mol. The molecule has 4 aliphatic carbocycles. The van der Waals surface area contributed by atoms with Crippen molar-refractivity contribution in [1.29, 1.82) is 0 Å². The van der Waals surface area contributed by atoms with Gasteiger partial charge in [0, 0.05) is 6.42 Å². The summed E-state index contributed by atoms with van der Waals surface area (Å²) in [4.78, 5) is 23.0. The number of aliphatic carboxylic acids is 1. The molecule has 0 spiro atoms. The standard InChI is InChI=1S/C25H41NO6/c1-13(8-21(30)26-12-22(31)32)16-4-5-17-23-18(11-20(29)25(16,17)3)24(2)7-6-15(27)9-14(24)10-19(23)28/h13-20,23,27-29H,4-12H2,1-3H3,(H,26,30)(H,31,32)/t13-,14+,15-,16-,17+,18+,19-,20+,23+,24+,25-/m1/s1. The molecule has 0 aliphatic heterocycles. The van der Waals surface area contributed by atoms with Crippen molar-refractivity contribution in [3.05, 3.63) is 0 Å². The molecule has 7 nitrogen and oxygen atoms in total. The summed E-state index contributed by atoms with van der Waals surface area (Å²) >= 11 is 0. The Morgan fingerprint density at radius 2 is 1.75 bits per heavy atom. The summed E-state index contributed by atoms with van der Waals surface area (Å²) in [7, 11) is 0. The van der Waals surface area contributed by atoms with E-state index >= 15 is 0 Å². The van der Waals surface area contributed by atoms with Gasteiger partial charge in [-0.15, -0.1) is 0 Å². The van der Waals surface area contributed by atoms with Crippen molar-refractivity contribution in [3.8, 4) is 0 Å². The molecule has 32 heavy (non-hydrogen) atoms. The molecule has 0 radical (unpaired) electrons. The van der Waals surface area contributed by atoms with E-state index in [4.69, 9.17) is 5.11 Å². The van der Waals surface area contributed by atoms with E-state index in [2.05, 4.69) is 19.2 Å². The lowest BCUT2D eigenvalue weighted by atomic mass is 9.43. The van der Waals surface area contributed by atoms with Gasteiger partial charge in [-0.1, -0.05) is 20.8 Å². The number of aliphatic hydroxyl groups is 3. The third-order valence-corrected chi connectivity index (χ3v) is 10.5. The molecule has 4 fully saturated rings. The molecule has 0 aromatic carbocycles.